The minimum atomic E-state index is -1.71. The van der Waals surface area contributed by atoms with Crippen LogP contribution in [-0.2, 0) is 14.2 Å². The molecule has 2 aliphatic heterocycles. The zero-order valence-corrected chi connectivity index (χ0v) is 17.0. The van der Waals surface area contributed by atoms with E-state index in [2.05, 4.69) is 0 Å². The van der Waals surface area contributed by atoms with Gasteiger partial charge in [-0.3, -0.25) is 0 Å². The van der Waals surface area contributed by atoms with E-state index < -0.39 is 74.1 Å². The summed E-state index contributed by atoms with van der Waals surface area (Å²) in [5, 5.41) is 70.0. The molecule has 2 aromatic rings. The van der Waals surface area contributed by atoms with Crippen LogP contribution in [0.2, 0.25) is 0 Å². The molecule has 33 heavy (non-hydrogen) atoms. The minimum Gasteiger partial charge on any atom is -0.507 e. The molecule has 0 amide bonds. The molecule has 2 aliphatic rings. The zero-order valence-electron chi connectivity index (χ0n) is 17.0. The molecular formula is C20H24O13. The number of ether oxygens (including phenoxy) is 4. The summed E-state index contributed by atoms with van der Waals surface area (Å²) in [5.41, 5.74) is -0.652. The third kappa shape index (κ3) is 4.68. The number of phenols is 1. The lowest BCUT2D eigenvalue weighted by molar-refractivity contribution is -0.290. The van der Waals surface area contributed by atoms with Gasteiger partial charge in [0.05, 0.1) is 18.6 Å². The first-order valence-corrected chi connectivity index (χ1v) is 10.1. The Balaban J connectivity index is 1.47. The Morgan fingerprint density at radius 1 is 0.848 bits per heavy atom. The van der Waals surface area contributed by atoms with E-state index in [-0.39, 0.29) is 22.5 Å². The fraction of sp³-hybridized carbons (Fsp3) is 0.550. The number of phenolic OH excluding ortho intramolecular Hbond substituents is 1. The van der Waals surface area contributed by atoms with Crippen molar-refractivity contribution in [3.8, 4) is 11.5 Å². The first-order chi connectivity index (χ1) is 15.7. The van der Waals surface area contributed by atoms with E-state index in [4.69, 9.17) is 28.5 Å². The standard InChI is InChI=1S/C20H24O13/c21-5-11-14(24)17(27)19(32-11)29-6-12-15(25)16(26)18(28)20(33-12)30-7-3-9(22)8-1-2-13(23)31-10(8)4-7/h1-4,11-12,14-22,24-28H,5-6H2/t11-,12-,14-,15-,16+,17-,18-,19-,20-/m1/s1. The summed E-state index contributed by atoms with van der Waals surface area (Å²) in [6, 6.07) is 4.94. The molecule has 0 bridgehead atoms. The van der Waals surface area contributed by atoms with E-state index in [1.54, 1.807) is 0 Å². The maximum atomic E-state index is 11.4. The number of hydrogen-bond acceptors (Lipinski definition) is 13. The highest BCUT2D eigenvalue weighted by molar-refractivity contribution is 5.84. The third-order valence-corrected chi connectivity index (χ3v) is 5.53. The van der Waals surface area contributed by atoms with Gasteiger partial charge >= 0.3 is 5.63 Å². The van der Waals surface area contributed by atoms with Crippen LogP contribution in [0.25, 0.3) is 11.0 Å². The summed E-state index contributed by atoms with van der Waals surface area (Å²) < 4.78 is 26.5. The Hall–Kier alpha value is -2.33. The van der Waals surface area contributed by atoms with Gasteiger partial charge in [0, 0.05) is 18.2 Å². The summed E-state index contributed by atoms with van der Waals surface area (Å²) in [7, 11) is 0. The van der Waals surface area contributed by atoms with Gasteiger partial charge < -0.3 is 59.1 Å². The predicted molar refractivity (Wildman–Crippen MR) is 105 cm³/mol. The van der Waals surface area contributed by atoms with Gasteiger partial charge in [0.15, 0.2) is 6.29 Å². The highest BCUT2D eigenvalue weighted by Crippen LogP contribution is 2.32. The van der Waals surface area contributed by atoms with Crippen molar-refractivity contribution in [1.29, 1.82) is 0 Å². The second kappa shape index (κ2) is 9.50. The quantitative estimate of drug-likeness (QED) is 0.211. The highest BCUT2D eigenvalue weighted by Gasteiger charge is 2.47. The predicted octanol–water partition coefficient (Wildman–Crippen LogP) is -2.86. The Labute approximate surface area is 185 Å². The van der Waals surface area contributed by atoms with E-state index in [9.17, 15) is 35.4 Å². The maximum absolute atomic E-state index is 11.4. The number of benzene rings is 1. The lowest BCUT2D eigenvalue weighted by atomic mass is 9.99. The molecule has 13 heteroatoms. The van der Waals surface area contributed by atoms with E-state index >= 15 is 0 Å². The van der Waals surface area contributed by atoms with E-state index in [1.165, 1.54) is 18.2 Å². The summed E-state index contributed by atoms with van der Waals surface area (Å²) in [4.78, 5) is 11.4. The second-order valence-electron chi connectivity index (χ2n) is 7.78. The van der Waals surface area contributed by atoms with Crippen molar-refractivity contribution in [1.82, 2.24) is 0 Å². The van der Waals surface area contributed by atoms with Gasteiger partial charge in [0.1, 0.15) is 59.8 Å². The van der Waals surface area contributed by atoms with Crippen LogP contribution in [-0.4, -0.2) is 104 Å². The van der Waals surface area contributed by atoms with Crippen LogP contribution in [0.4, 0.5) is 0 Å². The Bertz CT molecular complexity index is 1020. The number of aliphatic hydroxyl groups excluding tert-OH is 6. The fourth-order valence-corrected chi connectivity index (χ4v) is 3.68. The molecule has 0 spiro atoms. The van der Waals surface area contributed by atoms with E-state index in [0.717, 1.165) is 6.07 Å². The van der Waals surface area contributed by atoms with Crippen molar-refractivity contribution in [2.75, 3.05) is 13.2 Å². The average Bonchev–Trinajstić information content (AvgIpc) is 3.06. The Kier molecular flexibility index (Phi) is 6.86. The van der Waals surface area contributed by atoms with Crippen molar-refractivity contribution in [2.24, 2.45) is 0 Å². The smallest absolute Gasteiger partial charge is 0.336 e. The SMILES string of the molecule is O=c1ccc2c(O)cc(O[C@@H]3O[C@H](CO[C@@H]4O[C@H](CO)[C@@H](O)[C@H]4O)[C@@H](O)[C@H](O)[C@H]3O)cc2o1. The molecule has 2 fully saturated rings. The molecule has 1 aromatic heterocycles. The molecule has 0 saturated carbocycles. The van der Waals surface area contributed by atoms with Crippen LogP contribution in [0.5, 0.6) is 11.5 Å². The lowest BCUT2D eigenvalue weighted by Crippen LogP contribution is -2.60. The molecule has 182 valence electrons. The molecule has 2 saturated heterocycles. The number of aliphatic hydroxyl groups is 6. The first kappa shape index (κ1) is 23.8. The van der Waals surface area contributed by atoms with E-state index in [1.807, 2.05) is 0 Å². The van der Waals surface area contributed by atoms with Crippen molar-refractivity contribution in [3.63, 3.8) is 0 Å². The summed E-state index contributed by atoms with van der Waals surface area (Å²) in [5.74, 6) is -0.341. The maximum Gasteiger partial charge on any atom is 0.336 e. The highest BCUT2D eigenvalue weighted by atomic mass is 16.7. The molecule has 9 atom stereocenters. The molecule has 1 aromatic carbocycles. The van der Waals surface area contributed by atoms with Crippen LogP contribution in [0.3, 0.4) is 0 Å². The van der Waals surface area contributed by atoms with Crippen molar-refractivity contribution in [3.05, 3.63) is 34.7 Å². The van der Waals surface area contributed by atoms with Crippen LogP contribution < -0.4 is 10.4 Å². The van der Waals surface area contributed by atoms with Gasteiger partial charge in [-0.05, 0) is 6.07 Å². The number of fused-ring (bicyclic) bond motifs is 1. The minimum absolute atomic E-state index is 0.00707. The average molecular weight is 472 g/mol. The molecule has 0 unspecified atom stereocenters. The normalized spacial score (nSPS) is 36.8. The van der Waals surface area contributed by atoms with Gasteiger partial charge in [0.2, 0.25) is 6.29 Å². The van der Waals surface area contributed by atoms with Gasteiger partial charge in [-0.2, -0.15) is 0 Å². The van der Waals surface area contributed by atoms with Crippen molar-refractivity contribution in [2.45, 2.75) is 55.3 Å². The number of hydrogen-bond donors (Lipinski definition) is 7. The Morgan fingerprint density at radius 2 is 1.52 bits per heavy atom. The number of aromatic hydroxyl groups is 1. The van der Waals surface area contributed by atoms with E-state index in [0.29, 0.717) is 0 Å². The van der Waals surface area contributed by atoms with Crippen LogP contribution in [0, 0.1) is 0 Å². The molecule has 13 nitrogen and oxygen atoms in total. The van der Waals surface area contributed by atoms with Crippen LogP contribution in [0.1, 0.15) is 0 Å². The molecule has 4 rings (SSSR count). The summed E-state index contributed by atoms with van der Waals surface area (Å²) in [6.45, 7) is -1.00. The molecule has 0 radical (unpaired) electrons. The van der Waals surface area contributed by atoms with Crippen molar-refractivity contribution < 1.29 is 59.1 Å². The van der Waals surface area contributed by atoms with Crippen molar-refractivity contribution >= 4 is 11.0 Å². The zero-order chi connectivity index (χ0) is 23.9. The van der Waals surface area contributed by atoms with Gasteiger partial charge in [-0.15, -0.1) is 0 Å². The molecule has 3 heterocycles. The monoisotopic (exact) mass is 472 g/mol. The topological polar surface area (TPSA) is 209 Å². The molecule has 7 N–H and O–H groups in total. The number of rotatable bonds is 6. The molecular weight excluding hydrogens is 448 g/mol. The van der Waals surface area contributed by atoms with Gasteiger partial charge in [-0.1, -0.05) is 0 Å². The lowest BCUT2D eigenvalue weighted by Gasteiger charge is -2.40. The Morgan fingerprint density at radius 3 is 2.21 bits per heavy atom. The third-order valence-electron chi connectivity index (χ3n) is 5.53. The summed E-state index contributed by atoms with van der Waals surface area (Å²) >= 11 is 0. The van der Waals surface area contributed by atoms with Crippen LogP contribution in [0.15, 0.2) is 33.5 Å². The molecule has 0 aliphatic carbocycles. The fourth-order valence-electron chi connectivity index (χ4n) is 3.68. The second-order valence-corrected chi connectivity index (χ2v) is 7.78. The summed E-state index contributed by atoms with van der Waals surface area (Å²) in [6.07, 6.45) is -13.1. The largest absolute Gasteiger partial charge is 0.507 e. The van der Waals surface area contributed by atoms with Gasteiger partial charge in [-0.25, -0.2) is 4.79 Å². The van der Waals surface area contributed by atoms with Crippen LogP contribution >= 0.6 is 0 Å². The first-order valence-electron chi connectivity index (χ1n) is 10.1. The van der Waals surface area contributed by atoms with Gasteiger partial charge in [0.25, 0.3) is 0 Å².